The fraction of sp³-hybridized carbons (Fsp3) is 0. The van der Waals surface area contributed by atoms with Crippen molar-refractivity contribution >= 4 is 109 Å². The van der Waals surface area contributed by atoms with Gasteiger partial charge >= 0.3 is 0 Å². The van der Waals surface area contributed by atoms with Gasteiger partial charge < -0.3 is 22.8 Å². The van der Waals surface area contributed by atoms with E-state index in [-0.39, 0.29) is 0 Å². The van der Waals surface area contributed by atoms with Gasteiger partial charge in [-0.25, -0.2) is 15.0 Å². The number of para-hydroxylation sites is 8. The molecule has 20 rings (SSSR count). The second-order valence-electron chi connectivity index (χ2n) is 24.7. The van der Waals surface area contributed by atoms with E-state index in [9.17, 15) is 0 Å². The Kier molecular flexibility index (Phi) is 11.6. The van der Waals surface area contributed by atoms with E-state index < -0.39 is 0 Å². The molecule has 95 heavy (non-hydrogen) atoms. The summed E-state index contributed by atoms with van der Waals surface area (Å²) < 4.78 is 12.3. The van der Waals surface area contributed by atoms with Crippen LogP contribution in [-0.4, -0.2) is 37.8 Å². The lowest BCUT2D eigenvalue weighted by molar-refractivity contribution is 1.04. The van der Waals surface area contributed by atoms with Crippen molar-refractivity contribution in [2.45, 2.75) is 0 Å². The summed E-state index contributed by atoms with van der Waals surface area (Å²) in [7, 11) is 0. The average molecular weight is 1210 g/mol. The van der Waals surface area contributed by atoms with Gasteiger partial charge in [0, 0.05) is 81.9 Å². The topological polar surface area (TPSA) is 63.3 Å². The zero-order valence-corrected chi connectivity index (χ0v) is 51.3. The van der Waals surface area contributed by atoms with Crippen molar-refractivity contribution in [3.05, 3.63) is 328 Å². The molecule has 6 aromatic heterocycles. The lowest BCUT2D eigenvalue weighted by atomic mass is 10.0. The quantitative estimate of drug-likeness (QED) is 0.145. The van der Waals surface area contributed by atoms with Gasteiger partial charge in [-0.05, 0) is 120 Å². The predicted octanol–water partition coefficient (Wildman–Crippen LogP) is 22.0. The van der Waals surface area contributed by atoms with Gasteiger partial charge in [-0.3, -0.25) is 0 Å². The van der Waals surface area contributed by atoms with E-state index in [1.807, 2.05) is 36.4 Å². The molecule has 6 heterocycles. The largest absolute Gasteiger partial charge is 0.309 e. The molecule has 0 saturated carbocycles. The minimum absolute atomic E-state index is 0.563. The fourth-order valence-corrected chi connectivity index (χ4v) is 15.4. The highest BCUT2D eigenvalue weighted by Gasteiger charge is 2.28. The molecule has 0 saturated heterocycles. The van der Waals surface area contributed by atoms with Crippen molar-refractivity contribution < 1.29 is 0 Å². The van der Waals surface area contributed by atoms with Gasteiger partial charge in [0.2, 0.25) is 0 Å². The van der Waals surface area contributed by atoms with Crippen LogP contribution in [0.25, 0.3) is 183 Å². The number of benzene rings is 14. The first-order chi connectivity index (χ1) is 47.1. The smallest absolute Gasteiger partial charge is 0.164 e. The second kappa shape index (κ2) is 20.8. The Labute approximate surface area is 545 Å². The molecule has 0 bridgehead atoms. The summed E-state index contributed by atoms with van der Waals surface area (Å²) >= 11 is 0. The summed E-state index contributed by atoms with van der Waals surface area (Å²) in [5.41, 5.74) is 21.3. The van der Waals surface area contributed by atoms with Crippen molar-refractivity contribution in [1.82, 2.24) is 37.8 Å². The molecule has 0 unspecified atom stereocenters. The highest BCUT2D eigenvalue weighted by atomic mass is 15.1. The van der Waals surface area contributed by atoms with E-state index in [0.717, 1.165) is 133 Å². The van der Waals surface area contributed by atoms with E-state index in [1.165, 1.54) is 32.6 Å². The molecule has 0 atom stereocenters. The summed E-state index contributed by atoms with van der Waals surface area (Å²) in [5, 5.41) is 11.8. The van der Waals surface area contributed by atoms with Crippen LogP contribution in [0.1, 0.15) is 0 Å². The Morgan fingerprint density at radius 3 is 0.863 bits per heavy atom. The molecule has 0 fully saturated rings. The normalized spacial score (nSPS) is 12.0. The van der Waals surface area contributed by atoms with Crippen molar-refractivity contribution in [2.75, 3.05) is 0 Å². The summed E-state index contributed by atoms with van der Waals surface area (Å²) in [6, 6.07) is 119. The van der Waals surface area contributed by atoms with Crippen LogP contribution >= 0.6 is 0 Å². The highest BCUT2D eigenvalue weighted by Crippen LogP contribution is 2.47. The molecule has 8 nitrogen and oxygen atoms in total. The zero-order valence-electron chi connectivity index (χ0n) is 51.3. The summed E-state index contributed by atoms with van der Waals surface area (Å²) in [5.74, 6) is 1.76. The maximum absolute atomic E-state index is 5.46. The number of hydrogen-bond acceptors (Lipinski definition) is 3. The fourth-order valence-electron chi connectivity index (χ4n) is 15.4. The first kappa shape index (κ1) is 52.8. The van der Waals surface area contributed by atoms with Crippen LogP contribution in [0, 0.1) is 0 Å². The number of hydrogen-bond donors (Lipinski definition) is 0. The Morgan fingerprint density at radius 2 is 0.453 bits per heavy atom. The zero-order chi connectivity index (χ0) is 62.2. The summed E-state index contributed by atoms with van der Waals surface area (Å²) in [4.78, 5) is 16.1. The minimum Gasteiger partial charge on any atom is -0.309 e. The number of fused-ring (bicyclic) bond motifs is 15. The van der Waals surface area contributed by atoms with E-state index in [2.05, 4.69) is 314 Å². The molecule has 0 aliphatic rings. The van der Waals surface area contributed by atoms with E-state index >= 15 is 0 Å². The molecule has 20 aromatic rings. The van der Waals surface area contributed by atoms with Crippen LogP contribution < -0.4 is 0 Å². The third-order valence-electron chi connectivity index (χ3n) is 19.5. The van der Waals surface area contributed by atoms with Crippen molar-refractivity contribution in [3.8, 4) is 73.7 Å². The molecule has 0 aliphatic carbocycles. The molecular formula is C87H54N8. The monoisotopic (exact) mass is 1210 g/mol. The highest BCUT2D eigenvalue weighted by molar-refractivity contribution is 6.17. The van der Waals surface area contributed by atoms with Crippen LogP contribution in [0.3, 0.4) is 0 Å². The molecule has 0 spiro atoms. The molecule has 8 heteroatoms. The van der Waals surface area contributed by atoms with E-state index in [1.54, 1.807) is 0 Å². The molecule has 0 radical (unpaired) electrons. The first-order valence-corrected chi connectivity index (χ1v) is 32.3. The van der Waals surface area contributed by atoms with Gasteiger partial charge in [0.1, 0.15) is 0 Å². The van der Waals surface area contributed by atoms with E-state index in [4.69, 9.17) is 15.0 Å². The van der Waals surface area contributed by atoms with Gasteiger partial charge in [-0.15, -0.1) is 0 Å². The Hall–Kier alpha value is -12.9. The molecule has 14 aromatic carbocycles. The minimum atomic E-state index is 0.563. The van der Waals surface area contributed by atoms with Crippen LogP contribution in [0.15, 0.2) is 328 Å². The van der Waals surface area contributed by atoms with Crippen LogP contribution in [0.5, 0.6) is 0 Å². The molecule has 0 amide bonds. The molecule has 0 N–H and O–H groups in total. The van der Waals surface area contributed by atoms with Gasteiger partial charge in [0.25, 0.3) is 0 Å². The summed E-state index contributed by atoms with van der Waals surface area (Å²) in [6.07, 6.45) is 0. The van der Waals surface area contributed by atoms with Crippen molar-refractivity contribution in [3.63, 3.8) is 0 Å². The molecule has 442 valence electrons. The Morgan fingerprint density at radius 1 is 0.168 bits per heavy atom. The number of aromatic nitrogens is 8. The van der Waals surface area contributed by atoms with Gasteiger partial charge in [-0.1, -0.05) is 218 Å². The predicted molar refractivity (Wildman–Crippen MR) is 393 cm³/mol. The average Bonchev–Trinajstić information content (AvgIpc) is 1.58. The van der Waals surface area contributed by atoms with E-state index in [0.29, 0.717) is 17.5 Å². The Bertz CT molecular complexity index is 6220. The maximum atomic E-state index is 5.46. The third kappa shape index (κ3) is 8.05. The summed E-state index contributed by atoms with van der Waals surface area (Å²) in [6.45, 7) is 0. The lowest BCUT2D eigenvalue weighted by Crippen LogP contribution is -2.10. The van der Waals surface area contributed by atoms with Gasteiger partial charge in [0.05, 0.1) is 72.2 Å². The van der Waals surface area contributed by atoms with Crippen molar-refractivity contribution in [1.29, 1.82) is 0 Å². The maximum Gasteiger partial charge on any atom is 0.164 e. The van der Waals surface area contributed by atoms with Crippen LogP contribution in [0.2, 0.25) is 0 Å². The lowest BCUT2D eigenvalue weighted by Gasteiger charge is -2.23. The second-order valence-corrected chi connectivity index (χ2v) is 24.7. The Balaban J connectivity index is 0.845. The van der Waals surface area contributed by atoms with Gasteiger partial charge in [-0.2, -0.15) is 0 Å². The third-order valence-corrected chi connectivity index (χ3v) is 19.5. The standard InChI is InChI=1S/C87H54N8/c1-4-24-55(25-5-1)85-88-86(56-26-6-2-7-27-56)90-87(89-85)59-52-82(93-74-39-19-10-30-62(74)63-31-11-20-40-75(63)93)84(83(53-59)94-76-41-21-12-32-64(76)65-33-13-22-42-77(65)94)95-78-43-23-16-35-67(78)70-51-58(45-48-81(70)95)57-44-47-79-69(50-57)66-34-14-18-38-73(66)92(79)61-46-49-80-71(54-61)68-36-15-17-37-72(68)91(80)60-28-8-3-9-29-60/h1-54H. The number of nitrogens with zero attached hydrogens (tertiary/aromatic N) is 8. The SMILES string of the molecule is c1ccc(-c2nc(-c3ccccc3)nc(-c3cc(-n4c5ccccc5c5ccccc54)c(-n4c5ccccc5c5cc(-c6ccc7c(c6)c6ccccc6n7-c6ccc7c(c6)c6ccccc6n7-c6ccccc6)ccc54)c(-n4c5ccccc5c5ccccc54)c3)n2)cc1. The van der Waals surface area contributed by atoms with Gasteiger partial charge in [0.15, 0.2) is 17.5 Å². The molecule has 0 aliphatic heterocycles. The van der Waals surface area contributed by atoms with Crippen molar-refractivity contribution in [2.24, 2.45) is 0 Å². The van der Waals surface area contributed by atoms with Crippen LogP contribution in [-0.2, 0) is 0 Å². The molecular weight excluding hydrogens is 1160 g/mol. The first-order valence-electron chi connectivity index (χ1n) is 32.3. The van der Waals surface area contributed by atoms with Crippen LogP contribution in [0.4, 0.5) is 0 Å². The number of rotatable bonds is 9.